The monoisotopic (exact) mass is 308 g/mol. The Balaban J connectivity index is 1.58. The van der Waals surface area contributed by atoms with Crippen LogP contribution in [0.5, 0.6) is 0 Å². The smallest absolute Gasteiger partial charge is 0.217 e. The van der Waals surface area contributed by atoms with Crippen LogP contribution in [0.1, 0.15) is 37.4 Å². The molecule has 0 saturated carbocycles. The second-order valence-corrected chi connectivity index (χ2v) is 5.90. The summed E-state index contributed by atoms with van der Waals surface area (Å²) in [4.78, 5) is 21.1. The summed E-state index contributed by atoms with van der Waals surface area (Å²) >= 11 is 0. The van der Waals surface area contributed by atoms with Crippen LogP contribution in [0.3, 0.4) is 0 Å². The minimum Gasteiger partial charge on any atom is -0.381 e. The summed E-state index contributed by atoms with van der Waals surface area (Å²) in [6.07, 6.45) is 3.93. The Kier molecular flexibility index (Phi) is 5.07. The quantitative estimate of drug-likeness (QED) is 0.851. The zero-order valence-corrected chi connectivity index (χ0v) is 13.0. The Morgan fingerprint density at radius 3 is 3.05 bits per heavy atom. The van der Waals surface area contributed by atoms with Gasteiger partial charge >= 0.3 is 0 Å². The van der Waals surface area contributed by atoms with E-state index in [1.807, 2.05) is 0 Å². The zero-order valence-electron chi connectivity index (χ0n) is 13.0. The molecule has 122 valence electrons. The van der Waals surface area contributed by atoms with Crippen molar-refractivity contribution in [3.63, 3.8) is 0 Å². The Bertz CT molecular complexity index is 499. The number of ether oxygens (including phenoxy) is 2. The molecule has 0 aromatic carbocycles. The largest absolute Gasteiger partial charge is 0.381 e. The van der Waals surface area contributed by atoms with Gasteiger partial charge in [-0.15, -0.1) is 0 Å². The number of amides is 1. The van der Waals surface area contributed by atoms with Gasteiger partial charge in [0.1, 0.15) is 11.9 Å². The van der Waals surface area contributed by atoms with Crippen molar-refractivity contribution in [1.82, 2.24) is 20.2 Å². The first kappa shape index (κ1) is 15.5. The standard InChI is InChI=1S/C15H24N4O3/c1-11(20)16-8-12-9-17-15(18-12)14-10-19(4-7-22-14)13-2-5-21-6-3-13/h9,13-14H,2-8,10H2,1H3,(H,16,20)(H,17,18)/t14-/m1/s1. The number of aromatic nitrogens is 2. The Hall–Kier alpha value is -1.44. The number of morpholine rings is 1. The van der Waals surface area contributed by atoms with Gasteiger partial charge in [-0.1, -0.05) is 0 Å². The number of nitrogens with one attached hydrogen (secondary N) is 2. The fourth-order valence-corrected chi connectivity index (χ4v) is 3.07. The van der Waals surface area contributed by atoms with Crippen LogP contribution >= 0.6 is 0 Å². The molecule has 0 radical (unpaired) electrons. The molecule has 2 fully saturated rings. The molecule has 7 nitrogen and oxygen atoms in total. The number of H-pyrrole nitrogens is 1. The van der Waals surface area contributed by atoms with E-state index in [1.54, 1.807) is 6.20 Å². The van der Waals surface area contributed by atoms with E-state index >= 15 is 0 Å². The highest BCUT2D eigenvalue weighted by atomic mass is 16.5. The molecule has 3 rings (SSSR count). The molecule has 7 heteroatoms. The maximum absolute atomic E-state index is 11.0. The van der Waals surface area contributed by atoms with Crippen molar-refractivity contribution in [2.24, 2.45) is 0 Å². The lowest BCUT2D eigenvalue weighted by Crippen LogP contribution is -2.47. The van der Waals surface area contributed by atoms with E-state index in [1.165, 1.54) is 6.92 Å². The van der Waals surface area contributed by atoms with Crippen LogP contribution in [0, 0.1) is 0 Å². The van der Waals surface area contributed by atoms with E-state index < -0.39 is 0 Å². The van der Waals surface area contributed by atoms with Crippen LogP contribution in [0.15, 0.2) is 6.20 Å². The Labute approximate surface area is 130 Å². The highest BCUT2D eigenvalue weighted by molar-refractivity contribution is 5.72. The molecular weight excluding hydrogens is 284 g/mol. The lowest BCUT2D eigenvalue weighted by atomic mass is 10.1. The minimum absolute atomic E-state index is 0.0253. The molecule has 1 amide bonds. The molecule has 1 aromatic heterocycles. The minimum atomic E-state index is -0.0456. The van der Waals surface area contributed by atoms with Crippen LogP contribution in [0.2, 0.25) is 0 Å². The number of rotatable bonds is 4. The Morgan fingerprint density at radius 1 is 1.45 bits per heavy atom. The molecule has 0 unspecified atom stereocenters. The van der Waals surface area contributed by atoms with Crippen molar-refractivity contribution in [2.75, 3.05) is 32.9 Å². The molecule has 22 heavy (non-hydrogen) atoms. The number of hydrogen-bond acceptors (Lipinski definition) is 5. The summed E-state index contributed by atoms with van der Waals surface area (Å²) in [6.45, 7) is 6.25. The van der Waals surface area contributed by atoms with Gasteiger partial charge in [0.25, 0.3) is 0 Å². The molecular formula is C15H24N4O3. The van der Waals surface area contributed by atoms with Gasteiger partial charge in [-0.25, -0.2) is 4.98 Å². The first-order valence-corrected chi connectivity index (χ1v) is 7.94. The average Bonchev–Trinajstić information content (AvgIpc) is 3.03. The third-order valence-corrected chi connectivity index (χ3v) is 4.29. The number of nitrogens with zero attached hydrogens (tertiary/aromatic N) is 2. The third-order valence-electron chi connectivity index (χ3n) is 4.29. The second kappa shape index (κ2) is 7.21. The van der Waals surface area contributed by atoms with Crippen molar-refractivity contribution in [3.8, 4) is 0 Å². The van der Waals surface area contributed by atoms with Crippen LogP contribution in [0.4, 0.5) is 0 Å². The zero-order chi connectivity index (χ0) is 15.4. The highest BCUT2D eigenvalue weighted by Gasteiger charge is 2.29. The number of hydrogen-bond donors (Lipinski definition) is 2. The maximum Gasteiger partial charge on any atom is 0.217 e. The molecule has 2 saturated heterocycles. The van der Waals surface area contributed by atoms with E-state index in [0.717, 1.165) is 57.3 Å². The first-order chi connectivity index (χ1) is 10.7. The van der Waals surface area contributed by atoms with Crippen molar-refractivity contribution in [1.29, 1.82) is 0 Å². The van der Waals surface area contributed by atoms with Crippen LogP contribution in [-0.2, 0) is 20.8 Å². The van der Waals surface area contributed by atoms with Crippen molar-refractivity contribution in [3.05, 3.63) is 17.7 Å². The average molecular weight is 308 g/mol. The summed E-state index contributed by atoms with van der Waals surface area (Å²) < 4.78 is 11.3. The van der Waals surface area contributed by atoms with Gasteiger partial charge in [0.2, 0.25) is 5.91 Å². The molecule has 2 aliphatic rings. The van der Waals surface area contributed by atoms with E-state index in [-0.39, 0.29) is 12.0 Å². The normalized spacial score (nSPS) is 24.3. The second-order valence-electron chi connectivity index (χ2n) is 5.90. The summed E-state index contributed by atoms with van der Waals surface area (Å²) in [5.41, 5.74) is 0.900. The van der Waals surface area contributed by atoms with Crippen LogP contribution in [0.25, 0.3) is 0 Å². The van der Waals surface area contributed by atoms with Crippen LogP contribution in [-0.4, -0.2) is 59.7 Å². The van der Waals surface area contributed by atoms with Crippen molar-refractivity contribution in [2.45, 2.75) is 38.5 Å². The number of imidazole rings is 1. The van der Waals surface area contributed by atoms with Crippen molar-refractivity contribution < 1.29 is 14.3 Å². The van der Waals surface area contributed by atoms with E-state index in [4.69, 9.17) is 9.47 Å². The molecule has 2 aliphatic heterocycles. The first-order valence-electron chi connectivity index (χ1n) is 7.94. The maximum atomic E-state index is 11.0. The van der Waals surface area contributed by atoms with Gasteiger partial charge in [-0.2, -0.15) is 0 Å². The van der Waals surface area contributed by atoms with Crippen molar-refractivity contribution >= 4 is 5.91 Å². The molecule has 0 spiro atoms. The fourth-order valence-electron chi connectivity index (χ4n) is 3.07. The topological polar surface area (TPSA) is 79.5 Å². The predicted octanol–water partition coefficient (Wildman–Crippen LogP) is 0.598. The summed E-state index contributed by atoms with van der Waals surface area (Å²) in [6, 6.07) is 0.592. The molecule has 1 atom stereocenters. The Morgan fingerprint density at radius 2 is 2.27 bits per heavy atom. The summed E-state index contributed by atoms with van der Waals surface area (Å²) in [7, 11) is 0. The van der Waals surface area contributed by atoms with Gasteiger partial charge in [0.05, 0.1) is 25.0 Å². The lowest BCUT2D eigenvalue weighted by molar-refractivity contribution is -0.119. The lowest BCUT2D eigenvalue weighted by Gasteiger charge is -2.39. The number of carbonyl (C=O) groups excluding carboxylic acids is 1. The van der Waals surface area contributed by atoms with Crippen LogP contribution < -0.4 is 5.32 Å². The van der Waals surface area contributed by atoms with E-state index in [2.05, 4.69) is 20.2 Å². The SMILES string of the molecule is CC(=O)NCc1cnc([C@H]2CN(C3CCOCC3)CCO2)[nH]1. The third kappa shape index (κ3) is 3.85. The van der Waals surface area contributed by atoms with Gasteiger partial charge in [-0.05, 0) is 12.8 Å². The predicted molar refractivity (Wildman–Crippen MR) is 80.2 cm³/mol. The summed E-state index contributed by atoms with van der Waals surface area (Å²) in [5.74, 6) is 0.799. The van der Waals surface area contributed by atoms with Gasteiger partial charge in [0.15, 0.2) is 0 Å². The molecule has 0 bridgehead atoms. The molecule has 2 N–H and O–H groups in total. The molecule has 1 aromatic rings. The number of carbonyl (C=O) groups is 1. The van der Waals surface area contributed by atoms with Gasteiger partial charge < -0.3 is 19.8 Å². The summed E-state index contributed by atoms with van der Waals surface area (Å²) in [5, 5.41) is 2.76. The molecule has 3 heterocycles. The molecule has 0 aliphatic carbocycles. The van der Waals surface area contributed by atoms with Gasteiger partial charge in [-0.3, -0.25) is 9.69 Å². The van der Waals surface area contributed by atoms with E-state index in [0.29, 0.717) is 12.6 Å². The number of aromatic amines is 1. The van der Waals surface area contributed by atoms with E-state index in [9.17, 15) is 4.79 Å². The van der Waals surface area contributed by atoms with Gasteiger partial charge in [0, 0.05) is 39.3 Å². The highest BCUT2D eigenvalue weighted by Crippen LogP contribution is 2.24. The fraction of sp³-hybridized carbons (Fsp3) is 0.733.